The summed E-state index contributed by atoms with van der Waals surface area (Å²) < 4.78 is 0.868. The van der Waals surface area contributed by atoms with Crippen molar-refractivity contribution in [1.82, 2.24) is 10.3 Å². The Labute approximate surface area is 151 Å². The predicted octanol–water partition coefficient (Wildman–Crippen LogP) is 3.71. The van der Waals surface area contributed by atoms with Crippen molar-refractivity contribution < 1.29 is 0 Å². The Bertz CT molecular complexity index is 727. The second kappa shape index (κ2) is 8.66. The SMILES string of the molecule is C/C=C(C)\C=C/C/C=C(/C1=C(N)NC(N)C(Br)=C1)c1ccncc1. The van der Waals surface area contributed by atoms with Gasteiger partial charge >= 0.3 is 0 Å². The number of allylic oxidation sites excluding steroid dienone is 8. The summed E-state index contributed by atoms with van der Waals surface area (Å²) in [4.78, 5) is 4.09. The Balaban J connectivity index is 2.38. The summed E-state index contributed by atoms with van der Waals surface area (Å²) in [5.41, 5.74) is 16.4. The Morgan fingerprint density at radius 2 is 2.08 bits per heavy atom. The van der Waals surface area contributed by atoms with Gasteiger partial charge in [-0.3, -0.25) is 4.98 Å². The predicted molar refractivity (Wildman–Crippen MR) is 105 cm³/mol. The number of dihydropyridines is 1. The summed E-state index contributed by atoms with van der Waals surface area (Å²) in [7, 11) is 0. The number of hydrogen-bond acceptors (Lipinski definition) is 4. The fourth-order valence-electron chi connectivity index (χ4n) is 2.29. The molecule has 1 aromatic heterocycles. The number of pyridine rings is 1. The Morgan fingerprint density at radius 3 is 2.75 bits per heavy atom. The average Bonchev–Trinajstić information content (AvgIpc) is 2.59. The lowest BCUT2D eigenvalue weighted by molar-refractivity contribution is 0.671. The van der Waals surface area contributed by atoms with Gasteiger partial charge in [0.25, 0.3) is 0 Å². The number of nitrogens with zero attached hydrogens (tertiary/aromatic N) is 1. The molecule has 0 radical (unpaired) electrons. The molecule has 5 N–H and O–H groups in total. The molecule has 0 bridgehead atoms. The highest BCUT2D eigenvalue weighted by molar-refractivity contribution is 9.11. The van der Waals surface area contributed by atoms with E-state index in [1.807, 2.05) is 25.1 Å². The van der Waals surface area contributed by atoms with Gasteiger partial charge < -0.3 is 16.8 Å². The largest absolute Gasteiger partial charge is 0.385 e. The lowest BCUT2D eigenvalue weighted by Gasteiger charge is -2.24. The molecule has 126 valence electrons. The van der Waals surface area contributed by atoms with Gasteiger partial charge in [0, 0.05) is 22.4 Å². The topological polar surface area (TPSA) is 77.0 Å². The van der Waals surface area contributed by atoms with Gasteiger partial charge in [0.1, 0.15) is 12.0 Å². The molecule has 1 atom stereocenters. The number of nitrogens with two attached hydrogens (primary N) is 2. The van der Waals surface area contributed by atoms with Crippen LogP contribution in [0.5, 0.6) is 0 Å². The van der Waals surface area contributed by atoms with E-state index in [9.17, 15) is 0 Å². The normalized spacial score (nSPS) is 19.5. The van der Waals surface area contributed by atoms with E-state index in [-0.39, 0.29) is 6.17 Å². The summed E-state index contributed by atoms with van der Waals surface area (Å²) in [5.74, 6) is 0.572. The summed E-state index contributed by atoms with van der Waals surface area (Å²) in [5, 5.41) is 3.08. The Hall–Kier alpha value is -2.11. The molecule has 0 saturated carbocycles. The van der Waals surface area contributed by atoms with Crippen molar-refractivity contribution in [2.24, 2.45) is 11.5 Å². The fraction of sp³-hybridized carbons (Fsp3) is 0.211. The molecule has 0 aromatic carbocycles. The van der Waals surface area contributed by atoms with Crippen molar-refractivity contribution in [1.29, 1.82) is 0 Å². The number of aromatic nitrogens is 1. The van der Waals surface area contributed by atoms with E-state index in [1.54, 1.807) is 12.4 Å². The molecular weight excluding hydrogens is 364 g/mol. The molecule has 1 aliphatic rings. The summed E-state index contributed by atoms with van der Waals surface area (Å²) in [6.45, 7) is 4.11. The maximum absolute atomic E-state index is 6.18. The molecule has 1 aromatic rings. The first-order valence-corrected chi connectivity index (χ1v) is 8.61. The summed E-state index contributed by atoms with van der Waals surface area (Å²) >= 11 is 3.50. The highest BCUT2D eigenvalue weighted by Crippen LogP contribution is 2.30. The first-order valence-electron chi connectivity index (χ1n) is 7.82. The molecule has 0 amide bonds. The van der Waals surface area contributed by atoms with Gasteiger partial charge in [0.2, 0.25) is 0 Å². The smallest absolute Gasteiger partial charge is 0.108 e. The minimum absolute atomic E-state index is 0.315. The minimum Gasteiger partial charge on any atom is -0.385 e. The highest BCUT2D eigenvalue weighted by Gasteiger charge is 2.19. The van der Waals surface area contributed by atoms with Crippen LogP contribution < -0.4 is 16.8 Å². The van der Waals surface area contributed by atoms with Gasteiger partial charge in [-0.1, -0.05) is 45.8 Å². The maximum Gasteiger partial charge on any atom is 0.108 e. The molecule has 2 rings (SSSR count). The van der Waals surface area contributed by atoms with Crippen LogP contribution in [0.25, 0.3) is 5.57 Å². The van der Waals surface area contributed by atoms with E-state index in [4.69, 9.17) is 11.5 Å². The van der Waals surface area contributed by atoms with Crippen LogP contribution in [0.2, 0.25) is 0 Å². The van der Waals surface area contributed by atoms with Crippen LogP contribution in [-0.4, -0.2) is 11.1 Å². The molecule has 24 heavy (non-hydrogen) atoms. The number of nitrogens with one attached hydrogen (secondary N) is 1. The number of hydrogen-bond donors (Lipinski definition) is 3. The van der Waals surface area contributed by atoms with E-state index in [2.05, 4.69) is 57.5 Å². The minimum atomic E-state index is -0.315. The van der Waals surface area contributed by atoms with Crippen molar-refractivity contribution >= 4 is 21.5 Å². The van der Waals surface area contributed by atoms with Crippen LogP contribution in [-0.2, 0) is 0 Å². The van der Waals surface area contributed by atoms with Crippen LogP contribution in [0, 0.1) is 0 Å². The Morgan fingerprint density at radius 1 is 1.38 bits per heavy atom. The van der Waals surface area contributed by atoms with Crippen molar-refractivity contribution in [3.63, 3.8) is 0 Å². The van der Waals surface area contributed by atoms with Crippen molar-refractivity contribution in [2.45, 2.75) is 26.4 Å². The molecule has 0 aliphatic carbocycles. The van der Waals surface area contributed by atoms with Crippen molar-refractivity contribution in [3.8, 4) is 0 Å². The van der Waals surface area contributed by atoms with Crippen LogP contribution in [0.1, 0.15) is 25.8 Å². The van der Waals surface area contributed by atoms with Gasteiger partial charge in [-0.05, 0) is 49.6 Å². The summed E-state index contributed by atoms with van der Waals surface area (Å²) in [6, 6.07) is 3.95. The molecule has 0 fully saturated rings. The van der Waals surface area contributed by atoms with Gasteiger partial charge in [0.05, 0.1) is 0 Å². The molecule has 1 aliphatic heterocycles. The Kier molecular flexibility index (Phi) is 6.58. The third-order valence-corrected chi connectivity index (χ3v) is 4.48. The van der Waals surface area contributed by atoms with E-state index in [1.165, 1.54) is 5.57 Å². The second-order valence-corrected chi connectivity index (χ2v) is 6.42. The van der Waals surface area contributed by atoms with Crippen LogP contribution in [0.3, 0.4) is 0 Å². The molecule has 0 saturated heterocycles. The molecular formula is C19H23BrN4. The van der Waals surface area contributed by atoms with E-state index in [0.717, 1.165) is 27.6 Å². The zero-order chi connectivity index (χ0) is 17.5. The zero-order valence-corrected chi connectivity index (χ0v) is 15.5. The van der Waals surface area contributed by atoms with Gasteiger partial charge in [-0.2, -0.15) is 0 Å². The number of rotatable bonds is 5. The van der Waals surface area contributed by atoms with Gasteiger partial charge in [-0.25, -0.2) is 0 Å². The van der Waals surface area contributed by atoms with Crippen LogP contribution in [0.4, 0.5) is 0 Å². The van der Waals surface area contributed by atoms with Crippen molar-refractivity contribution in [2.75, 3.05) is 0 Å². The van der Waals surface area contributed by atoms with E-state index < -0.39 is 0 Å². The van der Waals surface area contributed by atoms with E-state index >= 15 is 0 Å². The lowest BCUT2D eigenvalue weighted by Crippen LogP contribution is -2.42. The van der Waals surface area contributed by atoms with E-state index in [0.29, 0.717) is 5.82 Å². The van der Waals surface area contributed by atoms with Gasteiger partial charge in [-0.15, -0.1) is 0 Å². The average molecular weight is 387 g/mol. The molecule has 1 unspecified atom stereocenters. The van der Waals surface area contributed by atoms with Crippen molar-refractivity contribution in [3.05, 3.63) is 81.9 Å². The number of halogens is 1. The third kappa shape index (κ3) is 4.69. The first kappa shape index (κ1) is 18.2. The quantitative estimate of drug-likeness (QED) is 0.673. The second-order valence-electron chi connectivity index (χ2n) is 5.50. The monoisotopic (exact) mass is 386 g/mol. The zero-order valence-electron chi connectivity index (χ0n) is 14.0. The molecule has 2 heterocycles. The summed E-state index contributed by atoms with van der Waals surface area (Å²) in [6.07, 6.45) is 14.5. The first-order chi connectivity index (χ1) is 11.5. The molecule has 4 nitrogen and oxygen atoms in total. The maximum atomic E-state index is 6.18. The third-order valence-electron chi connectivity index (χ3n) is 3.76. The lowest BCUT2D eigenvalue weighted by atomic mass is 9.95. The molecule has 0 spiro atoms. The van der Waals surface area contributed by atoms with Gasteiger partial charge in [0.15, 0.2) is 0 Å². The standard InChI is InChI=1S/C19H23BrN4/c1-3-13(2)6-4-5-7-15(14-8-10-23-11-9-14)16-12-17(20)19(22)24-18(16)21/h3-4,6-12,19,24H,5,21-22H2,1-2H3/b6-4-,13-3-,15-7+. The highest BCUT2D eigenvalue weighted by atomic mass is 79.9. The van der Waals surface area contributed by atoms with Crippen LogP contribution >= 0.6 is 15.9 Å². The van der Waals surface area contributed by atoms with Crippen LogP contribution in [0.15, 0.2) is 76.4 Å². The fourth-order valence-corrected chi connectivity index (χ4v) is 2.64. The molecule has 5 heteroatoms.